The van der Waals surface area contributed by atoms with Crippen LogP contribution in [0.1, 0.15) is 33.5 Å². The average Bonchev–Trinajstić information content (AvgIpc) is 2.54. The molecule has 0 saturated heterocycles. The van der Waals surface area contributed by atoms with E-state index in [1.54, 1.807) is 25.1 Å². The Morgan fingerprint density at radius 1 is 1.04 bits per heavy atom. The third kappa shape index (κ3) is 6.23. The van der Waals surface area contributed by atoms with Gasteiger partial charge >= 0.3 is 0 Å². The van der Waals surface area contributed by atoms with Gasteiger partial charge in [0.25, 0.3) is 5.91 Å². The lowest BCUT2D eigenvalue weighted by molar-refractivity contribution is 0.0953. The van der Waals surface area contributed by atoms with Crippen molar-refractivity contribution in [2.75, 3.05) is 17.5 Å². The van der Waals surface area contributed by atoms with Crippen LogP contribution >= 0.6 is 0 Å². The second-order valence-electron chi connectivity index (χ2n) is 6.25. The number of sulfonamides is 1. The Kier molecular flexibility index (Phi) is 6.20. The smallest absolute Gasteiger partial charge is 0.251 e. The van der Waals surface area contributed by atoms with E-state index in [4.69, 9.17) is 0 Å². The molecule has 0 aliphatic carbocycles. The van der Waals surface area contributed by atoms with E-state index >= 15 is 0 Å². The lowest BCUT2D eigenvalue weighted by atomic mass is 10.1. The van der Waals surface area contributed by atoms with Gasteiger partial charge in [-0.25, -0.2) is 8.42 Å². The largest absolute Gasteiger partial charge is 0.352 e. The normalized spacial score (nSPS) is 11.2. The maximum atomic E-state index is 12.2. The van der Waals surface area contributed by atoms with Gasteiger partial charge in [0.2, 0.25) is 10.0 Å². The molecule has 0 fully saturated rings. The molecule has 0 heterocycles. The van der Waals surface area contributed by atoms with Crippen LogP contribution in [0.15, 0.2) is 42.5 Å². The fraction of sp³-hybridized carbons (Fsp3) is 0.316. The molecule has 0 bridgehead atoms. The molecule has 0 atom stereocenters. The molecule has 0 aromatic heterocycles. The number of hydrogen-bond donors (Lipinski definition) is 2. The summed E-state index contributed by atoms with van der Waals surface area (Å²) in [6.07, 6.45) is 2.83. The highest BCUT2D eigenvalue weighted by molar-refractivity contribution is 7.92. The number of aryl methyl sites for hydroxylation is 3. The summed E-state index contributed by atoms with van der Waals surface area (Å²) in [5.41, 5.74) is 4.10. The van der Waals surface area contributed by atoms with Gasteiger partial charge in [0, 0.05) is 12.1 Å². The summed E-state index contributed by atoms with van der Waals surface area (Å²) in [5.74, 6) is -0.208. The number of amides is 1. The molecule has 0 saturated carbocycles. The minimum atomic E-state index is -3.38. The van der Waals surface area contributed by atoms with Crippen molar-refractivity contribution in [2.24, 2.45) is 0 Å². The number of benzene rings is 2. The zero-order chi connectivity index (χ0) is 18.4. The quantitative estimate of drug-likeness (QED) is 0.745. The molecule has 2 aromatic carbocycles. The molecule has 2 N–H and O–H groups in total. The van der Waals surface area contributed by atoms with Gasteiger partial charge in [-0.05, 0) is 49.9 Å². The van der Waals surface area contributed by atoms with Crippen molar-refractivity contribution in [1.82, 2.24) is 5.32 Å². The topological polar surface area (TPSA) is 75.3 Å². The standard InChI is InChI=1S/C19H24N2O3S/c1-14-6-9-16(10-7-14)5-4-12-20-19(22)17-11-8-15(2)18(13-17)21-25(3,23)24/h6-11,13,21H,4-5,12H2,1-3H3,(H,20,22). The van der Waals surface area contributed by atoms with Crippen LogP contribution in [0.5, 0.6) is 0 Å². The predicted molar refractivity (Wildman–Crippen MR) is 101 cm³/mol. The van der Waals surface area contributed by atoms with Crippen LogP contribution in [0.25, 0.3) is 0 Å². The van der Waals surface area contributed by atoms with Gasteiger partial charge in [0.05, 0.1) is 11.9 Å². The third-order valence-electron chi connectivity index (χ3n) is 3.84. The molecule has 0 spiro atoms. The number of anilines is 1. The van der Waals surface area contributed by atoms with Crippen molar-refractivity contribution in [3.63, 3.8) is 0 Å². The predicted octanol–water partition coefficient (Wildman–Crippen LogP) is 3.04. The molecule has 5 nitrogen and oxygen atoms in total. The van der Waals surface area contributed by atoms with Crippen LogP contribution in [0.3, 0.4) is 0 Å². The van der Waals surface area contributed by atoms with Crippen LogP contribution < -0.4 is 10.0 Å². The molecule has 2 aromatic rings. The number of carbonyl (C=O) groups excluding carboxylic acids is 1. The van der Waals surface area contributed by atoms with Crippen LogP contribution in [0.2, 0.25) is 0 Å². The molecule has 0 aliphatic heterocycles. The van der Waals surface area contributed by atoms with E-state index in [0.29, 0.717) is 17.8 Å². The highest BCUT2D eigenvalue weighted by atomic mass is 32.2. The van der Waals surface area contributed by atoms with Crippen LogP contribution in [0.4, 0.5) is 5.69 Å². The summed E-state index contributed by atoms with van der Waals surface area (Å²) >= 11 is 0. The van der Waals surface area contributed by atoms with Crippen molar-refractivity contribution in [3.8, 4) is 0 Å². The molecule has 0 aliphatic rings. The van der Waals surface area contributed by atoms with Gasteiger partial charge in [0.1, 0.15) is 0 Å². The molecule has 1 amide bonds. The van der Waals surface area contributed by atoms with E-state index in [1.807, 2.05) is 0 Å². The SMILES string of the molecule is Cc1ccc(CCCNC(=O)c2ccc(C)c(NS(C)(=O)=O)c2)cc1. The number of nitrogens with one attached hydrogen (secondary N) is 2. The first-order valence-electron chi connectivity index (χ1n) is 8.17. The van der Waals surface area contributed by atoms with Crippen molar-refractivity contribution in [1.29, 1.82) is 0 Å². The Bertz CT molecular complexity index is 843. The first-order valence-corrected chi connectivity index (χ1v) is 10.1. The van der Waals surface area contributed by atoms with Gasteiger partial charge in [0.15, 0.2) is 0 Å². The lowest BCUT2D eigenvalue weighted by Crippen LogP contribution is -2.25. The summed E-state index contributed by atoms with van der Waals surface area (Å²) in [4.78, 5) is 12.2. The Labute approximate surface area is 149 Å². The van der Waals surface area contributed by atoms with E-state index in [9.17, 15) is 13.2 Å². The van der Waals surface area contributed by atoms with E-state index in [-0.39, 0.29) is 5.91 Å². The monoisotopic (exact) mass is 360 g/mol. The minimum absolute atomic E-state index is 0.208. The molecule has 2 rings (SSSR count). The summed E-state index contributed by atoms with van der Waals surface area (Å²) < 4.78 is 25.2. The maximum absolute atomic E-state index is 12.2. The average molecular weight is 360 g/mol. The molecule has 6 heteroatoms. The van der Waals surface area contributed by atoms with Crippen molar-refractivity contribution < 1.29 is 13.2 Å². The Hall–Kier alpha value is -2.34. The minimum Gasteiger partial charge on any atom is -0.352 e. The zero-order valence-electron chi connectivity index (χ0n) is 14.8. The highest BCUT2D eigenvalue weighted by Gasteiger charge is 2.10. The molecular weight excluding hydrogens is 336 g/mol. The second-order valence-corrected chi connectivity index (χ2v) is 8.00. The van der Waals surface area contributed by atoms with Gasteiger partial charge in [-0.15, -0.1) is 0 Å². The van der Waals surface area contributed by atoms with Gasteiger partial charge in [-0.3, -0.25) is 9.52 Å². The van der Waals surface area contributed by atoms with Crippen molar-refractivity contribution in [3.05, 3.63) is 64.7 Å². The summed E-state index contributed by atoms with van der Waals surface area (Å²) in [5, 5.41) is 2.87. The van der Waals surface area contributed by atoms with E-state index in [2.05, 4.69) is 41.2 Å². The van der Waals surface area contributed by atoms with Gasteiger partial charge in [-0.1, -0.05) is 35.9 Å². The zero-order valence-corrected chi connectivity index (χ0v) is 15.6. The number of hydrogen-bond acceptors (Lipinski definition) is 3. The second kappa shape index (κ2) is 8.16. The van der Waals surface area contributed by atoms with Crippen molar-refractivity contribution in [2.45, 2.75) is 26.7 Å². The van der Waals surface area contributed by atoms with E-state index in [0.717, 1.165) is 24.7 Å². The molecule has 0 unspecified atom stereocenters. The molecule has 0 radical (unpaired) electrons. The third-order valence-corrected chi connectivity index (χ3v) is 4.43. The van der Waals surface area contributed by atoms with E-state index < -0.39 is 10.0 Å². The number of rotatable bonds is 7. The summed E-state index contributed by atoms with van der Waals surface area (Å²) in [6, 6.07) is 13.3. The molecule has 134 valence electrons. The van der Waals surface area contributed by atoms with Gasteiger partial charge in [-0.2, -0.15) is 0 Å². The van der Waals surface area contributed by atoms with Gasteiger partial charge < -0.3 is 5.32 Å². The first kappa shape index (κ1) is 19.0. The van der Waals surface area contributed by atoms with Crippen LogP contribution in [0, 0.1) is 13.8 Å². The molecular formula is C19H24N2O3S. The Morgan fingerprint density at radius 2 is 1.72 bits per heavy atom. The fourth-order valence-electron chi connectivity index (χ4n) is 2.42. The fourth-order valence-corrected chi connectivity index (χ4v) is 3.04. The highest BCUT2D eigenvalue weighted by Crippen LogP contribution is 2.18. The first-order chi connectivity index (χ1) is 11.7. The van der Waals surface area contributed by atoms with Crippen LogP contribution in [-0.2, 0) is 16.4 Å². The van der Waals surface area contributed by atoms with Crippen LogP contribution in [-0.4, -0.2) is 27.1 Å². The Balaban J connectivity index is 1.90. The summed E-state index contributed by atoms with van der Waals surface area (Å²) in [6.45, 7) is 4.41. The lowest BCUT2D eigenvalue weighted by Gasteiger charge is -2.10. The van der Waals surface area contributed by atoms with E-state index in [1.165, 1.54) is 11.1 Å². The summed E-state index contributed by atoms with van der Waals surface area (Å²) in [7, 11) is -3.38. The Morgan fingerprint density at radius 3 is 2.36 bits per heavy atom. The maximum Gasteiger partial charge on any atom is 0.251 e. The van der Waals surface area contributed by atoms with Crippen molar-refractivity contribution >= 4 is 21.6 Å². The number of carbonyl (C=O) groups is 1. The molecule has 25 heavy (non-hydrogen) atoms.